The van der Waals surface area contributed by atoms with Gasteiger partial charge >= 0.3 is 0 Å². The predicted octanol–water partition coefficient (Wildman–Crippen LogP) is 4.14. The second kappa shape index (κ2) is 9.92. The van der Waals surface area contributed by atoms with Crippen molar-refractivity contribution in [1.82, 2.24) is 5.43 Å². The van der Waals surface area contributed by atoms with E-state index in [0.29, 0.717) is 6.61 Å². The molecule has 3 rings (SSSR count). The first-order valence-corrected chi connectivity index (χ1v) is 9.08. The van der Waals surface area contributed by atoms with Crippen LogP contribution in [0.25, 0.3) is 0 Å². The Labute approximate surface area is 165 Å². The summed E-state index contributed by atoms with van der Waals surface area (Å²) in [5, 5.41) is 7.01. The lowest BCUT2D eigenvalue weighted by molar-refractivity contribution is -0.119. The first kappa shape index (κ1) is 19.2. The highest BCUT2D eigenvalue weighted by molar-refractivity contribution is 5.84. The lowest BCUT2D eigenvalue weighted by atomic mass is 10.2. The van der Waals surface area contributed by atoms with Gasteiger partial charge in [-0.3, -0.25) is 4.79 Å². The SMILES string of the molecule is Cc1ccc(COc2ccc(/C=N\NC(=O)CNc3ccccc3)cc2)cc1. The van der Waals surface area contributed by atoms with Crippen LogP contribution in [-0.4, -0.2) is 18.7 Å². The first-order valence-electron chi connectivity index (χ1n) is 9.08. The minimum Gasteiger partial charge on any atom is -0.489 e. The van der Waals surface area contributed by atoms with Crippen molar-refractivity contribution in [3.63, 3.8) is 0 Å². The van der Waals surface area contributed by atoms with Gasteiger partial charge in [-0.2, -0.15) is 5.10 Å². The number of hydrazone groups is 1. The van der Waals surface area contributed by atoms with Crippen LogP contribution in [0.15, 0.2) is 84.0 Å². The second-order valence-corrected chi connectivity index (χ2v) is 6.36. The van der Waals surface area contributed by atoms with Gasteiger partial charge in [0, 0.05) is 5.69 Å². The number of ether oxygens (including phenoxy) is 1. The molecule has 0 unspecified atom stereocenters. The summed E-state index contributed by atoms with van der Waals surface area (Å²) in [6, 6.07) is 25.4. The van der Waals surface area contributed by atoms with Gasteiger partial charge in [0.25, 0.3) is 5.91 Å². The molecule has 0 aliphatic carbocycles. The zero-order valence-corrected chi connectivity index (χ0v) is 15.8. The van der Waals surface area contributed by atoms with Crippen molar-refractivity contribution in [2.45, 2.75) is 13.5 Å². The van der Waals surface area contributed by atoms with Crippen LogP contribution in [0.1, 0.15) is 16.7 Å². The Kier molecular flexibility index (Phi) is 6.79. The highest BCUT2D eigenvalue weighted by Gasteiger charge is 1.99. The Hall–Kier alpha value is -3.60. The van der Waals surface area contributed by atoms with Crippen molar-refractivity contribution in [1.29, 1.82) is 0 Å². The van der Waals surface area contributed by atoms with E-state index >= 15 is 0 Å². The average Bonchev–Trinajstić information content (AvgIpc) is 2.73. The Balaban J connectivity index is 1.41. The molecule has 0 atom stereocenters. The van der Waals surface area contributed by atoms with Gasteiger partial charge < -0.3 is 10.1 Å². The average molecular weight is 373 g/mol. The lowest BCUT2D eigenvalue weighted by Crippen LogP contribution is -2.25. The molecule has 0 spiro atoms. The fourth-order valence-electron chi connectivity index (χ4n) is 2.46. The summed E-state index contributed by atoms with van der Waals surface area (Å²) in [5.74, 6) is 0.576. The molecule has 2 N–H and O–H groups in total. The van der Waals surface area contributed by atoms with Gasteiger partial charge in [-0.25, -0.2) is 5.43 Å². The molecule has 3 aromatic carbocycles. The molecule has 0 saturated heterocycles. The predicted molar refractivity (Wildman–Crippen MR) is 113 cm³/mol. The number of para-hydroxylation sites is 1. The van der Waals surface area contributed by atoms with Gasteiger partial charge in [0.1, 0.15) is 12.4 Å². The zero-order chi connectivity index (χ0) is 19.6. The zero-order valence-electron chi connectivity index (χ0n) is 15.8. The van der Waals surface area contributed by atoms with Crippen LogP contribution >= 0.6 is 0 Å². The molecule has 0 heterocycles. The number of anilines is 1. The van der Waals surface area contributed by atoms with E-state index in [9.17, 15) is 4.79 Å². The van der Waals surface area contributed by atoms with E-state index in [1.165, 1.54) is 5.56 Å². The molecule has 28 heavy (non-hydrogen) atoms. The smallest absolute Gasteiger partial charge is 0.259 e. The van der Waals surface area contributed by atoms with Gasteiger partial charge in [0.2, 0.25) is 0 Å². The Morgan fingerprint density at radius 1 is 0.964 bits per heavy atom. The number of nitrogens with one attached hydrogen (secondary N) is 2. The van der Waals surface area contributed by atoms with Crippen LogP contribution in [0.3, 0.4) is 0 Å². The molecule has 5 nitrogen and oxygen atoms in total. The molecule has 142 valence electrons. The summed E-state index contributed by atoms with van der Waals surface area (Å²) >= 11 is 0. The fraction of sp³-hybridized carbons (Fsp3) is 0.130. The number of nitrogens with zero attached hydrogens (tertiary/aromatic N) is 1. The molecule has 0 aromatic heterocycles. The molecule has 0 radical (unpaired) electrons. The van der Waals surface area contributed by atoms with Crippen LogP contribution in [0.5, 0.6) is 5.75 Å². The van der Waals surface area contributed by atoms with E-state index in [1.807, 2.05) is 54.6 Å². The van der Waals surface area contributed by atoms with Crippen molar-refractivity contribution in [3.8, 4) is 5.75 Å². The maximum Gasteiger partial charge on any atom is 0.259 e. The summed E-state index contributed by atoms with van der Waals surface area (Å²) < 4.78 is 5.78. The van der Waals surface area contributed by atoms with Crippen LogP contribution in [0.2, 0.25) is 0 Å². The number of hydrogen-bond acceptors (Lipinski definition) is 4. The molecule has 3 aromatic rings. The van der Waals surface area contributed by atoms with Crippen LogP contribution in [-0.2, 0) is 11.4 Å². The van der Waals surface area contributed by atoms with E-state index in [1.54, 1.807) is 6.21 Å². The molecule has 0 fully saturated rings. The van der Waals surface area contributed by atoms with E-state index in [0.717, 1.165) is 22.6 Å². The van der Waals surface area contributed by atoms with Gasteiger partial charge in [-0.1, -0.05) is 48.0 Å². The van der Waals surface area contributed by atoms with Crippen LogP contribution in [0, 0.1) is 6.92 Å². The maximum atomic E-state index is 11.8. The fourth-order valence-corrected chi connectivity index (χ4v) is 2.46. The van der Waals surface area contributed by atoms with Crippen molar-refractivity contribution in [2.24, 2.45) is 5.10 Å². The third kappa shape index (κ3) is 6.29. The van der Waals surface area contributed by atoms with Gasteiger partial charge in [0.15, 0.2) is 0 Å². The highest BCUT2D eigenvalue weighted by atomic mass is 16.5. The summed E-state index contributed by atoms with van der Waals surface area (Å²) in [6.07, 6.45) is 1.60. The highest BCUT2D eigenvalue weighted by Crippen LogP contribution is 2.14. The van der Waals surface area contributed by atoms with Crippen LogP contribution in [0.4, 0.5) is 5.69 Å². The number of aryl methyl sites for hydroxylation is 1. The second-order valence-electron chi connectivity index (χ2n) is 6.36. The number of carbonyl (C=O) groups excluding carboxylic acids is 1. The molecule has 0 aliphatic heterocycles. The van der Waals surface area contributed by atoms with Gasteiger partial charge in [-0.15, -0.1) is 0 Å². The van der Waals surface area contributed by atoms with Gasteiger partial charge in [-0.05, 0) is 54.4 Å². The molecular weight excluding hydrogens is 350 g/mol. The number of hydrogen-bond donors (Lipinski definition) is 2. The molecule has 0 aliphatic rings. The largest absolute Gasteiger partial charge is 0.489 e. The Bertz CT molecular complexity index is 905. The van der Waals surface area contributed by atoms with Crippen molar-refractivity contribution in [3.05, 3.63) is 95.6 Å². The number of carbonyl (C=O) groups is 1. The monoisotopic (exact) mass is 373 g/mol. The number of amides is 1. The summed E-state index contributed by atoms with van der Waals surface area (Å²) in [6.45, 7) is 2.75. The van der Waals surface area contributed by atoms with E-state index < -0.39 is 0 Å². The molecular formula is C23H23N3O2. The third-order valence-corrected chi connectivity index (χ3v) is 4.04. The standard InChI is InChI=1S/C23H23N3O2/c1-18-7-9-20(10-8-18)17-28-22-13-11-19(12-14-22)15-25-26-23(27)16-24-21-5-3-2-4-6-21/h2-15,24H,16-17H2,1H3,(H,26,27)/b25-15-. The van der Waals surface area contributed by atoms with Crippen molar-refractivity contribution < 1.29 is 9.53 Å². The minimum absolute atomic E-state index is 0.160. The topological polar surface area (TPSA) is 62.7 Å². The Morgan fingerprint density at radius 2 is 1.68 bits per heavy atom. The van der Waals surface area contributed by atoms with Crippen LogP contribution < -0.4 is 15.5 Å². The van der Waals surface area contributed by atoms with Crippen molar-refractivity contribution in [2.75, 3.05) is 11.9 Å². The molecule has 1 amide bonds. The molecule has 0 bridgehead atoms. The summed E-state index contributed by atoms with van der Waals surface area (Å²) in [4.78, 5) is 11.8. The first-order chi connectivity index (χ1) is 13.7. The lowest BCUT2D eigenvalue weighted by Gasteiger charge is -2.07. The number of benzene rings is 3. The molecule has 5 heteroatoms. The third-order valence-electron chi connectivity index (χ3n) is 4.04. The minimum atomic E-state index is -0.210. The van der Waals surface area contributed by atoms with Gasteiger partial charge in [0.05, 0.1) is 12.8 Å². The number of rotatable bonds is 8. The Morgan fingerprint density at radius 3 is 2.39 bits per heavy atom. The quantitative estimate of drug-likeness (QED) is 0.461. The molecule has 0 saturated carbocycles. The normalized spacial score (nSPS) is 10.6. The summed E-state index contributed by atoms with van der Waals surface area (Å²) in [5.41, 5.74) is 6.63. The van der Waals surface area contributed by atoms with E-state index in [2.05, 4.69) is 47.0 Å². The van der Waals surface area contributed by atoms with E-state index in [-0.39, 0.29) is 12.5 Å². The van der Waals surface area contributed by atoms with Crippen molar-refractivity contribution >= 4 is 17.8 Å². The van der Waals surface area contributed by atoms with E-state index in [4.69, 9.17) is 4.74 Å². The summed E-state index contributed by atoms with van der Waals surface area (Å²) in [7, 11) is 0. The maximum absolute atomic E-state index is 11.8.